The molecule has 0 fully saturated rings. The van der Waals surface area contributed by atoms with Gasteiger partial charge in [0.05, 0.1) is 0 Å². The molecule has 0 saturated heterocycles. The molecule has 1 unspecified atom stereocenters. The molecule has 0 heterocycles. The van der Waals surface area contributed by atoms with Crippen molar-refractivity contribution in [2.24, 2.45) is 5.92 Å². The van der Waals surface area contributed by atoms with E-state index in [2.05, 4.69) is 5.32 Å². The van der Waals surface area contributed by atoms with Crippen LogP contribution in [0, 0.1) is 11.7 Å². The number of alkyl halides is 3. The van der Waals surface area contributed by atoms with Crippen LogP contribution in [0.1, 0.15) is 25.3 Å². The summed E-state index contributed by atoms with van der Waals surface area (Å²) in [6.07, 6.45) is 1.83. The molecule has 0 bridgehead atoms. The van der Waals surface area contributed by atoms with E-state index in [9.17, 15) is 17.6 Å². The summed E-state index contributed by atoms with van der Waals surface area (Å²) in [5.74, 6) is -0.277. The molecule has 1 aromatic carbocycles. The molecule has 0 aliphatic rings. The molecule has 0 radical (unpaired) electrons. The van der Waals surface area contributed by atoms with Crippen molar-refractivity contribution in [3.05, 3.63) is 35.6 Å². The lowest BCUT2D eigenvalue weighted by atomic mass is 9.96. The molecule has 1 nitrogen and oxygen atoms in total. The largest absolute Gasteiger partial charge is 0.441 e. The van der Waals surface area contributed by atoms with Crippen molar-refractivity contribution in [1.82, 2.24) is 5.32 Å². The minimum Gasteiger partial charge on any atom is -0.316 e. The highest BCUT2D eigenvalue weighted by atomic mass is 32.2. The first kappa shape index (κ1) is 18.3. The highest BCUT2D eigenvalue weighted by molar-refractivity contribution is 8.00. The van der Waals surface area contributed by atoms with Gasteiger partial charge in [-0.2, -0.15) is 13.2 Å². The van der Waals surface area contributed by atoms with E-state index in [1.807, 2.05) is 6.92 Å². The van der Waals surface area contributed by atoms with Crippen LogP contribution in [0.3, 0.4) is 0 Å². The Balaban J connectivity index is 2.53. The zero-order valence-electron chi connectivity index (χ0n) is 12.0. The number of nitrogens with one attached hydrogen (secondary N) is 1. The third kappa shape index (κ3) is 8.31. The van der Waals surface area contributed by atoms with Crippen molar-refractivity contribution in [1.29, 1.82) is 0 Å². The van der Waals surface area contributed by atoms with Crippen LogP contribution >= 0.6 is 11.8 Å². The molecule has 0 aliphatic heterocycles. The molecular weight excluding hydrogens is 302 g/mol. The Morgan fingerprint density at radius 2 is 1.95 bits per heavy atom. The monoisotopic (exact) mass is 323 g/mol. The Labute approximate surface area is 127 Å². The fourth-order valence-electron chi connectivity index (χ4n) is 2.08. The zero-order valence-corrected chi connectivity index (χ0v) is 12.9. The summed E-state index contributed by atoms with van der Waals surface area (Å²) in [5, 5.41) is 3.21. The van der Waals surface area contributed by atoms with Gasteiger partial charge >= 0.3 is 5.51 Å². The van der Waals surface area contributed by atoms with Crippen molar-refractivity contribution in [3.63, 3.8) is 0 Å². The minimum atomic E-state index is -4.20. The smallest absolute Gasteiger partial charge is 0.316 e. The maximum Gasteiger partial charge on any atom is 0.441 e. The molecule has 1 N–H and O–H groups in total. The number of hydrogen-bond donors (Lipinski definition) is 1. The van der Waals surface area contributed by atoms with Crippen molar-refractivity contribution in [2.75, 3.05) is 18.8 Å². The number of rotatable bonds is 9. The summed E-state index contributed by atoms with van der Waals surface area (Å²) in [4.78, 5) is 0. The fourth-order valence-corrected chi connectivity index (χ4v) is 2.76. The van der Waals surface area contributed by atoms with Gasteiger partial charge in [-0.1, -0.05) is 36.9 Å². The van der Waals surface area contributed by atoms with Crippen molar-refractivity contribution in [3.8, 4) is 0 Å². The molecule has 1 atom stereocenters. The van der Waals surface area contributed by atoms with Crippen LogP contribution in [0.2, 0.25) is 0 Å². The maximum atomic E-state index is 13.6. The van der Waals surface area contributed by atoms with Crippen LogP contribution in [-0.4, -0.2) is 24.4 Å². The number of thioether (sulfide) groups is 1. The Morgan fingerprint density at radius 1 is 1.24 bits per heavy atom. The lowest BCUT2D eigenvalue weighted by molar-refractivity contribution is -0.0328. The second-order valence-electron chi connectivity index (χ2n) is 4.95. The second-order valence-corrected chi connectivity index (χ2v) is 6.11. The molecule has 0 saturated carbocycles. The Hall–Kier alpha value is -0.750. The number of halogens is 4. The van der Waals surface area contributed by atoms with Gasteiger partial charge in [-0.3, -0.25) is 0 Å². The van der Waals surface area contributed by atoms with Gasteiger partial charge in [-0.25, -0.2) is 4.39 Å². The highest BCUT2D eigenvalue weighted by Gasteiger charge is 2.28. The number of benzene rings is 1. The molecule has 0 aromatic heterocycles. The first-order valence-corrected chi connectivity index (χ1v) is 8.05. The van der Waals surface area contributed by atoms with E-state index >= 15 is 0 Å². The van der Waals surface area contributed by atoms with Crippen molar-refractivity contribution < 1.29 is 17.6 Å². The third-order valence-electron chi connectivity index (χ3n) is 3.12. The van der Waals surface area contributed by atoms with E-state index in [4.69, 9.17) is 0 Å². The zero-order chi connectivity index (χ0) is 15.7. The van der Waals surface area contributed by atoms with Crippen molar-refractivity contribution in [2.45, 2.75) is 31.7 Å². The van der Waals surface area contributed by atoms with Gasteiger partial charge < -0.3 is 5.32 Å². The summed E-state index contributed by atoms with van der Waals surface area (Å²) >= 11 is -0.00566. The van der Waals surface area contributed by atoms with Gasteiger partial charge in [-0.15, -0.1) is 0 Å². The number of hydrogen-bond acceptors (Lipinski definition) is 2. The van der Waals surface area contributed by atoms with E-state index < -0.39 is 5.51 Å². The van der Waals surface area contributed by atoms with Crippen LogP contribution in [-0.2, 0) is 6.42 Å². The van der Waals surface area contributed by atoms with E-state index in [1.54, 1.807) is 18.2 Å². The molecule has 0 aliphatic carbocycles. The van der Waals surface area contributed by atoms with Crippen LogP contribution in [0.5, 0.6) is 0 Å². The first-order valence-electron chi connectivity index (χ1n) is 7.07. The molecule has 0 spiro atoms. The summed E-state index contributed by atoms with van der Waals surface area (Å²) in [6, 6.07) is 6.44. The lowest BCUT2D eigenvalue weighted by Gasteiger charge is -2.18. The van der Waals surface area contributed by atoms with Gasteiger partial charge in [0.2, 0.25) is 0 Å². The van der Waals surface area contributed by atoms with Crippen LogP contribution in [0.25, 0.3) is 0 Å². The highest BCUT2D eigenvalue weighted by Crippen LogP contribution is 2.31. The van der Waals surface area contributed by atoms with Gasteiger partial charge in [-0.05, 0) is 49.9 Å². The Morgan fingerprint density at radius 3 is 2.57 bits per heavy atom. The second kappa shape index (κ2) is 9.30. The predicted molar refractivity (Wildman–Crippen MR) is 79.9 cm³/mol. The van der Waals surface area contributed by atoms with Crippen LogP contribution in [0.15, 0.2) is 24.3 Å². The van der Waals surface area contributed by atoms with Crippen LogP contribution in [0.4, 0.5) is 17.6 Å². The molecule has 0 amide bonds. The Bertz CT molecular complexity index is 409. The SMILES string of the molecule is CCCNCC(CCSC(F)(F)F)Cc1ccccc1F. The van der Waals surface area contributed by atoms with E-state index in [-0.39, 0.29) is 29.2 Å². The van der Waals surface area contributed by atoms with Crippen molar-refractivity contribution >= 4 is 11.8 Å². The van der Waals surface area contributed by atoms with Gasteiger partial charge in [0, 0.05) is 5.75 Å². The first-order chi connectivity index (χ1) is 9.92. The molecule has 6 heteroatoms. The average molecular weight is 323 g/mol. The van der Waals surface area contributed by atoms with Gasteiger partial charge in [0.1, 0.15) is 5.82 Å². The van der Waals surface area contributed by atoms with Gasteiger partial charge in [0.25, 0.3) is 0 Å². The molecule has 120 valence electrons. The molecule has 1 aromatic rings. The third-order valence-corrected chi connectivity index (χ3v) is 3.89. The predicted octanol–water partition coefficient (Wildman–Crippen LogP) is 4.63. The fraction of sp³-hybridized carbons (Fsp3) is 0.600. The minimum absolute atomic E-state index is 0.00306. The summed E-state index contributed by atoms with van der Waals surface area (Å²) in [7, 11) is 0. The quantitative estimate of drug-likeness (QED) is 0.525. The maximum absolute atomic E-state index is 13.6. The van der Waals surface area contributed by atoms with E-state index in [0.717, 1.165) is 13.0 Å². The Kier molecular flexibility index (Phi) is 8.11. The standard InChI is InChI=1S/C15H21F4NS/c1-2-8-20-11-12(7-9-21-15(17,18)19)10-13-5-3-4-6-14(13)16/h3-6,12,20H,2,7-11H2,1H3. The normalized spacial score (nSPS) is 13.4. The molecule has 21 heavy (non-hydrogen) atoms. The summed E-state index contributed by atoms with van der Waals surface area (Å²) < 4.78 is 50.2. The average Bonchev–Trinajstić information content (AvgIpc) is 2.40. The molecular formula is C15H21F4NS. The topological polar surface area (TPSA) is 12.0 Å². The lowest BCUT2D eigenvalue weighted by Crippen LogP contribution is -2.26. The summed E-state index contributed by atoms with van der Waals surface area (Å²) in [6.45, 7) is 3.46. The molecule has 1 rings (SSSR count). The van der Waals surface area contributed by atoms with Gasteiger partial charge in [0.15, 0.2) is 0 Å². The summed E-state index contributed by atoms with van der Waals surface area (Å²) in [5.41, 5.74) is -3.63. The van der Waals surface area contributed by atoms with E-state index in [1.165, 1.54) is 6.07 Å². The van der Waals surface area contributed by atoms with Crippen LogP contribution < -0.4 is 5.32 Å². The van der Waals surface area contributed by atoms with E-state index in [0.29, 0.717) is 24.9 Å².